The molecule has 0 bridgehead atoms. The quantitative estimate of drug-likeness (QED) is 0.304. The summed E-state index contributed by atoms with van der Waals surface area (Å²) in [6, 6.07) is 25.4. The molecule has 8 nitrogen and oxygen atoms in total. The molecule has 0 aromatic heterocycles. The van der Waals surface area contributed by atoms with Crippen molar-refractivity contribution in [1.29, 1.82) is 0 Å². The standard InChI is InChI=1S/C25H26NO7P/c1-2-31-24(27)22(20-14-8-4-9-15-20)33-34(29,30)23(21-16-10-5-11-17-21)26-25(28)32-18-19-12-6-3-7-13-19/h3-17,22-23H,2,18H2,1H3,(H,26,28)(H,29,30)/t22-,23-/m1/s1. The zero-order chi connectivity index (χ0) is 24.4. The molecule has 0 radical (unpaired) electrons. The van der Waals surface area contributed by atoms with Crippen molar-refractivity contribution in [3.63, 3.8) is 0 Å². The van der Waals surface area contributed by atoms with Gasteiger partial charge in [0.05, 0.1) is 6.61 Å². The van der Waals surface area contributed by atoms with Crippen LogP contribution in [0.15, 0.2) is 91.0 Å². The number of alkyl carbamates (subject to hydrolysis) is 1. The lowest BCUT2D eigenvalue weighted by molar-refractivity contribution is -0.152. The predicted molar refractivity (Wildman–Crippen MR) is 126 cm³/mol. The number of rotatable bonds is 10. The van der Waals surface area contributed by atoms with Crippen LogP contribution < -0.4 is 5.32 Å². The number of hydrogen-bond donors (Lipinski definition) is 2. The average molecular weight is 483 g/mol. The highest BCUT2D eigenvalue weighted by atomic mass is 31.2. The van der Waals surface area contributed by atoms with Crippen LogP contribution in [0, 0.1) is 0 Å². The van der Waals surface area contributed by atoms with Crippen LogP contribution in [0.5, 0.6) is 0 Å². The molecule has 0 aliphatic rings. The lowest BCUT2D eigenvalue weighted by Gasteiger charge is -2.27. The van der Waals surface area contributed by atoms with Crippen molar-refractivity contribution in [1.82, 2.24) is 5.32 Å². The van der Waals surface area contributed by atoms with Gasteiger partial charge in [-0.05, 0) is 23.6 Å². The maximum Gasteiger partial charge on any atom is 0.408 e. The molecule has 0 aliphatic carbocycles. The molecule has 3 rings (SSSR count). The van der Waals surface area contributed by atoms with Crippen molar-refractivity contribution in [2.45, 2.75) is 25.4 Å². The van der Waals surface area contributed by atoms with Gasteiger partial charge in [-0.15, -0.1) is 0 Å². The number of ether oxygens (including phenoxy) is 2. The van der Waals surface area contributed by atoms with E-state index in [1.165, 1.54) is 0 Å². The van der Waals surface area contributed by atoms with Gasteiger partial charge in [0.15, 0.2) is 11.9 Å². The van der Waals surface area contributed by atoms with E-state index in [1.54, 1.807) is 91.9 Å². The summed E-state index contributed by atoms with van der Waals surface area (Å²) in [5.74, 6) is -2.31. The molecule has 0 saturated heterocycles. The number of benzene rings is 3. The average Bonchev–Trinajstić information content (AvgIpc) is 2.86. The van der Waals surface area contributed by atoms with Gasteiger partial charge in [-0.1, -0.05) is 91.0 Å². The van der Waals surface area contributed by atoms with Crippen molar-refractivity contribution in [2.75, 3.05) is 6.61 Å². The summed E-state index contributed by atoms with van der Waals surface area (Å²) >= 11 is 0. The molecule has 3 aromatic rings. The summed E-state index contributed by atoms with van der Waals surface area (Å²) < 4.78 is 29.2. The molecule has 0 heterocycles. The highest BCUT2D eigenvalue weighted by Gasteiger charge is 2.41. The van der Waals surface area contributed by atoms with E-state index in [1.807, 2.05) is 6.07 Å². The summed E-state index contributed by atoms with van der Waals surface area (Å²) in [5, 5.41) is 2.42. The first-order valence-electron chi connectivity index (χ1n) is 10.7. The molecule has 1 unspecified atom stereocenters. The predicted octanol–water partition coefficient (Wildman–Crippen LogP) is 5.12. The van der Waals surface area contributed by atoms with Gasteiger partial charge in [-0.25, -0.2) is 9.59 Å². The van der Waals surface area contributed by atoms with Gasteiger partial charge in [0.2, 0.25) is 0 Å². The van der Waals surface area contributed by atoms with Crippen LogP contribution in [0.3, 0.4) is 0 Å². The Balaban J connectivity index is 1.84. The number of esters is 1. The number of hydrogen-bond acceptors (Lipinski definition) is 6. The summed E-state index contributed by atoms with van der Waals surface area (Å²) in [4.78, 5) is 36.1. The normalized spacial score (nSPS) is 14.3. The Morgan fingerprint density at radius 2 is 1.38 bits per heavy atom. The molecule has 178 valence electrons. The Morgan fingerprint density at radius 1 is 0.853 bits per heavy atom. The molecule has 34 heavy (non-hydrogen) atoms. The van der Waals surface area contributed by atoms with Gasteiger partial charge >= 0.3 is 19.7 Å². The summed E-state index contributed by atoms with van der Waals surface area (Å²) in [6.45, 7) is 1.66. The van der Waals surface area contributed by atoms with E-state index in [2.05, 4.69) is 5.32 Å². The topological polar surface area (TPSA) is 111 Å². The van der Waals surface area contributed by atoms with Crippen molar-refractivity contribution < 1.29 is 33.0 Å². The van der Waals surface area contributed by atoms with Crippen LogP contribution in [-0.4, -0.2) is 23.6 Å². The number of carbonyl (C=O) groups is 2. The molecule has 3 aromatic carbocycles. The smallest absolute Gasteiger partial charge is 0.408 e. The SMILES string of the molecule is CCOC(=O)[C@H](OP(=O)(O)[C@@H](NC(=O)OCc1ccccc1)c1ccccc1)c1ccccc1. The maximum absolute atomic E-state index is 13.5. The zero-order valence-corrected chi connectivity index (χ0v) is 19.5. The minimum absolute atomic E-state index is 0.0275. The van der Waals surface area contributed by atoms with E-state index in [0.717, 1.165) is 5.56 Å². The van der Waals surface area contributed by atoms with Crippen LogP contribution >= 0.6 is 7.60 Å². The molecule has 2 N–H and O–H groups in total. The molecule has 0 spiro atoms. The van der Waals surface area contributed by atoms with E-state index >= 15 is 0 Å². The van der Waals surface area contributed by atoms with Crippen molar-refractivity contribution >= 4 is 19.7 Å². The highest BCUT2D eigenvalue weighted by Crippen LogP contribution is 2.58. The fraction of sp³-hybridized carbons (Fsp3) is 0.200. The Morgan fingerprint density at radius 3 is 1.94 bits per heavy atom. The summed E-state index contributed by atoms with van der Waals surface area (Å²) in [5.41, 5.74) is 1.40. The van der Waals surface area contributed by atoms with Gasteiger partial charge in [-0.3, -0.25) is 9.09 Å². The van der Waals surface area contributed by atoms with E-state index in [9.17, 15) is 19.0 Å². The van der Waals surface area contributed by atoms with Crippen LogP contribution in [0.2, 0.25) is 0 Å². The third-order valence-electron chi connectivity index (χ3n) is 4.77. The van der Waals surface area contributed by atoms with Crippen LogP contribution in [0.4, 0.5) is 4.79 Å². The number of carbonyl (C=O) groups excluding carboxylic acids is 2. The maximum atomic E-state index is 13.5. The molecule has 0 fully saturated rings. The van der Waals surface area contributed by atoms with Crippen LogP contribution in [-0.2, 0) is 30.0 Å². The first-order valence-corrected chi connectivity index (χ1v) is 12.3. The highest BCUT2D eigenvalue weighted by molar-refractivity contribution is 7.53. The first kappa shape index (κ1) is 25.2. The van der Waals surface area contributed by atoms with Crippen molar-refractivity contribution in [2.24, 2.45) is 0 Å². The second kappa shape index (κ2) is 12.1. The van der Waals surface area contributed by atoms with E-state index in [0.29, 0.717) is 11.1 Å². The largest absolute Gasteiger partial charge is 0.464 e. The monoisotopic (exact) mass is 483 g/mol. The summed E-state index contributed by atoms with van der Waals surface area (Å²) in [6.07, 6.45) is -2.38. The molecule has 0 saturated carbocycles. The molecular formula is C25H26NO7P. The Kier molecular flexibility index (Phi) is 8.99. The van der Waals surface area contributed by atoms with Crippen molar-refractivity contribution in [3.8, 4) is 0 Å². The Hall–Kier alpha value is -3.45. The first-order chi connectivity index (χ1) is 16.4. The van der Waals surface area contributed by atoms with Gasteiger partial charge in [0.25, 0.3) is 0 Å². The van der Waals surface area contributed by atoms with Gasteiger partial charge in [-0.2, -0.15) is 0 Å². The Bertz CT molecular complexity index is 1110. The summed E-state index contributed by atoms with van der Waals surface area (Å²) in [7, 11) is -4.69. The molecular weight excluding hydrogens is 457 g/mol. The number of amides is 1. The zero-order valence-electron chi connectivity index (χ0n) is 18.6. The molecule has 3 atom stereocenters. The lowest BCUT2D eigenvalue weighted by atomic mass is 10.1. The van der Waals surface area contributed by atoms with Gasteiger partial charge in [0, 0.05) is 0 Å². The third-order valence-corrected chi connectivity index (χ3v) is 6.36. The molecule has 0 aliphatic heterocycles. The molecule has 9 heteroatoms. The van der Waals surface area contributed by atoms with Gasteiger partial charge < -0.3 is 19.7 Å². The van der Waals surface area contributed by atoms with Crippen LogP contribution in [0.25, 0.3) is 0 Å². The van der Waals surface area contributed by atoms with E-state index in [4.69, 9.17) is 14.0 Å². The molecule has 1 amide bonds. The van der Waals surface area contributed by atoms with Crippen LogP contribution in [0.1, 0.15) is 35.5 Å². The fourth-order valence-electron chi connectivity index (χ4n) is 3.16. The van der Waals surface area contributed by atoms with E-state index in [-0.39, 0.29) is 13.2 Å². The lowest BCUT2D eigenvalue weighted by Crippen LogP contribution is -2.30. The minimum Gasteiger partial charge on any atom is -0.464 e. The second-order valence-electron chi connectivity index (χ2n) is 7.23. The van der Waals surface area contributed by atoms with Gasteiger partial charge in [0.1, 0.15) is 6.61 Å². The Labute approximate surface area is 198 Å². The fourth-order valence-corrected chi connectivity index (χ4v) is 4.61. The second-order valence-corrected chi connectivity index (χ2v) is 9.09. The number of nitrogens with one attached hydrogen (secondary N) is 1. The van der Waals surface area contributed by atoms with E-state index < -0.39 is 31.5 Å². The third kappa shape index (κ3) is 7.02. The minimum atomic E-state index is -4.69. The van der Waals surface area contributed by atoms with Crippen molar-refractivity contribution in [3.05, 3.63) is 108 Å².